The highest BCUT2D eigenvalue weighted by Crippen LogP contribution is 2.33. The molecule has 0 bridgehead atoms. The molecular formula is C21H24N2O4S2. The second kappa shape index (κ2) is 9.00. The second-order valence-electron chi connectivity index (χ2n) is 7.03. The summed E-state index contributed by atoms with van der Waals surface area (Å²) < 4.78 is 25.7. The van der Waals surface area contributed by atoms with Gasteiger partial charge >= 0.3 is 0 Å². The fraction of sp³-hybridized carbons (Fsp3) is 0.333. The minimum absolute atomic E-state index is 0.103. The molecule has 1 aliphatic heterocycles. The van der Waals surface area contributed by atoms with Crippen LogP contribution < -0.4 is 10.6 Å². The van der Waals surface area contributed by atoms with Crippen molar-refractivity contribution in [1.82, 2.24) is 0 Å². The molecular weight excluding hydrogens is 408 g/mol. The number of sulfone groups is 1. The molecule has 0 fully saturated rings. The van der Waals surface area contributed by atoms with Gasteiger partial charge in [-0.15, -0.1) is 11.8 Å². The molecule has 0 aromatic heterocycles. The Morgan fingerprint density at radius 1 is 1.24 bits per heavy atom. The van der Waals surface area contributed by atoms with Crippen molar-refractivity contribution in [2.45, 2.75) is 36.5 Å². The minimum atomic E-state index is -3.69. The highest BCUT2D eigenvalue weighted by molar-refractivity contribution is 7.99. The molecule has 0 radical (unpaired) electrons. The monoisotopic (exact) mass is 432 g/mol. The second-order valence-corrected chi connectivity index (χ2v) is 10.2. The van der Waals surface area contributed by atoms with Gasteiger partial charge in [-0.05, 0) is 42.3 Å². The van der Waals surface area contributed by atoms with Crippen LogP contribution in [0.3, 0.4) is 0 Å². The molecule has 0 unspecified atom stereocenters. The van der Waals surface area contributed by atoms with Crippen LogP contribution in [0.25, 0.3) is 0 Å². The summed E-state index contributed by atoms with van der Waals surface area (Å²) in [4.78, 5) is 25.2. The van der Waals surface area contributed by atoms with Crippen molar-refractivity contribution in [2.75, 3.05) is 22.1 Å². The van der Waals surface area contributed by atoms with E-state index in [2.05, 4.69) is 10.6 Å². The number of hydrogen-bond donors (Lipinski definition) is 2. The summed E-state index contributed by atoms with van der Waals surface area (Å²) in [5.74, 6) is -0.866. The molecule has 29 heavy (non-hydrogen) atoms. The lowest BCUT2D eigenvalue weighted by Gasteiger charge is -2.14. The number of aryl methyl sites for hydroxylation is 1. The van der Waals surface area contributed by atoms with Gasteiger partial charge in [0.05, 0.1) is 16.3 Å². The van der Waals surface area contributed by atoms with Crippen LogP contribution in [0.15, 0.2) is 52.3 Å². The first-order valence-corrected chi connectivity index (χ1v) is 12.1. The zero-order valence-corrected chi connectivity index (χ0v) is 18.0. The van der Waals surface area contributed by atoms with E-state index in [1.165, 1.54) is 23.9 Å². The van der Waals surface area contributed by atoms with Gasteiger partial charge in [0.15, 0.2) is 9.84 Å². The Labute approximate surface area is 175 Å². The molecule has 2 amide bonds. The van der Waals surface area contributed by atoms with Crippen LogP contribution in [0.5, 0.6) is 0 Å². The molecule has 154 valence electrons. The van der Waals surface area contributed by atoms with Gasteiger partial charge in [0.25, 0.3) is 0 Å². The molecule has 2 N–H and O–H groups in total. The van der Waals surface area contributed by atoms with Crippen molar-refractivity contribution >= 4 is 44.8 Å². The van der Waals surface area contributed by atoms with Gasteiger partial charge in [-0.1, -0.05) is 26.0 Å². The first kappa shape index (κ1) is 21.4. The quantitative estimate of drug-likeness (QED) is 0.726. The van der Waals surface area contributed by atoms with E-state index >= 15 is 0 Å². The highest BCUT2D eigenvalue weighted by atomic mass is 32.2. The van der Waals surface area contributed by atoms with Crippen molar-refractivity contribution in [2.24, 2.45) is 5.92 Å². The fourth-order valence-electron chi connectivity index (χ4n) is 3.03. The zero-order valence-electron chi connectivity index (χ0n) is 16.4. The van der Waals surface area contributed by atoms with Crippen molar-refractivity contribution in [3.63, 3.8) is 0 Å². The summed E-state index contributed by atoms with van der Waals surface area (Å²) in [6, 6.07) is 12.2. The molecule has 2 aromatic carbocycles. The Bertz CT molecular complexity index is 1030. The number of thioether (sulfide) groups is 1. The predicted octanol–water partition coefficient (Wildman–Crippen LogP) is 3.73. The first-order chi connectivity index (χ1) is 13.8. The predicted molar refractivity (Wildman–Crippen MR) is 116 cm³/mol. The number of rotatable bonds is 6. The van der Waals surface area contributed by atoms with Gasteiger partial charge in [0.1, 0.15) is 0 Å². The Morgan fingerprint density at radius 3 is 2.79 bits per heavy atom. The van der Waals surface area contributed by atoms with E-state index in [0.717, 1.165) is 16.9 Å². The minimum Gasteiger partial charge on any atom is -0.326 e. The van der Waals surface area contributed by atoms with Gasteiger partial charge in [-0.25, -0.2) is 8.42 Å². The smallest absolute Gasteiger partial charge is 0.228 e. The highest BCUT2D eigenvalue weighted by Gasteiger charge is 2.25. The third-order valence-electron chi connectivity index (χ3n) is 4.69. The largest absolute Gasteiger partial charge is 0.326 e. The number of carbonyl (C=O) groups excluding carboxylic acids is 2. The van der Waals surface area contributed by atoms with Gasteiger partial charge < -0.3 is 10.6 Å². The van der Waals surface area contributed by atoms with Crippen LogP contribution in [0, 0.1) is 5.92 Å². The lowest BCUT2D eigenvalue weighted by Crippen LogP contribution is -2.27. The van der Waals surface area contributed by atoms with E-state index in [-0.39, 0.29) is 22.5 Å². The van der Waals surface area contributed by atoms with E-state index in [1.54, 1.807) is 19.1 Å². The summed E-state index contributed by atoms with van der Waals surface area (Å²) >= 11 is 1.51. The number of hydrogen-bond acceptors (Lipinski definition) is 5. The van der Waals surface area contributed by atoms with Gasteiger partial charge in [-0.3, -0.25) is 9.59 Å². The van der Waals surface area contributed by atoms with Crippen molar-refractivity contribution in [1.29, 1.82) is 0 Å². The Balaban J connectivity index is 1.73. The van der Waals surface area contributed by atoms with Gasteiger partial charge in [0.2, 0.25) is 11.8 Å². The van der Waals surface area contributed by atoms with E-state index in [1.807, 2.05) is 25.1 Å². The molecule has 0 saturated heterocycles. The molecule has 1 aliphatic rings. The standard InChI is InChI=1S/C21H24N2O4S2/c1-3-15-5-4-6-16(11-15)22-21(25)14(2)13-29(26,27)17-7-8-19-18(12-17)23-20(24)9-10-28-19/h4-8,11-12,14H,3,9-10,13H2,1-2H3,(H,22,25)(H,23,24)/t14-/m0/s1. The van der Waals surface area contributed by atoms with Crippen LogP contribution in [0.2, 0.25) is 0 Å². The summed E-state index contributed by atoms with van der Waals surface area (Å²) in [7, 11) is -3.69. The van der Waals surface area contributed by atoms with Crippen molar-refractivity contribution < 1.29 is 18.0 Å². The van der Waals surface area contributed by atoms with E-state index in [0.29, 0.717) is 23.5 Å². The molecule has 0 spiro atoms. The third-order valence-corrected chi connectivity index (χ3v) is 7.68. The summed E-state index contributed by atoms with van der Waals surface area (Å²) in [6.07, 6.45) is 1.23. The maximum absolute atomic E-state index is 12.9. The average Bonchev–Trinajstić information content (AvgIpc) is 2.87. The molecule has 6 nitrogen and oxygen atoms in total. The van der Waals surface area contributed by atoms with Gasteiger partial charge in [0, 0.05) is 28.7 Å². The normalized spacial score (nSPS) is 15.0. The topological polar surface area (TPSA) is 92.3 Å². The molecule has 1 heterocycles. The maximum Gasteiger partial charge on any atom is 0.228 e. The molecule has 1 atom stereocenters. The Morgan fingerprint density at radius 2 is 2.03 bits per heavy atom. The van der Waals surface area contributed by atoms with Crippen LogP contribution in [-0.2, 0) is 25.8 Å². The maximum atomic E-state index is 12.9. The van der Waals surface area contributed by atoms with Crippen LogP contribution in [-0.4, -0.2) is 31.7 Å². The summed E-state index contributed by atoms with van der Waals surface area (Å²) in [5.41, 5.74) is 2.25. The molecule has 0 aliphatic carbocycles. The van der Waals surface area contributed by atoms with Crippen molar-refractivity contribution in [3.8, 4) is 0 Å². The Kier molecular flexibility index (Phi) is 6.64. The van der Waals surface area contributed by atoms with Gasteiger partial charge in [-0.2, -0.15) is 0 Å². The number of amides is 2. The summed E-state index contributed by atoms with van der Waals surface area (Å²) in [5, 5.41) is 5.54. The number of fused-ring (bicyclic) bond motifs is 1. The number of carbonyl (C=O) groups is 2. The van der Waals surface area contributed by atoms with Crippen LogP contribution in [0.4, 0.5) is 11.4 Å². The van der Waals surface area contributed by atoms with Crippen LogP contribution in [0.1, 0.15) is 25.8 Å². The number of anilines is 2. The molecule has 2 aromatic rings. The van der Waals surface area contributed by atoms with E-state index in [4.69, 9.17) is 0 Å². The SMILES string of the molecule is CCc1cccc(NC(=O)[C@@H](C)CS(=O)(=O)c2ccc3c(c2)NC(=O)CCS3)c1. The first-order valence-electron chi connectivity index (χ1n) is 9.48. The number of nitrogens with one attached hydrogen (secondary N) is 2. The lowest BCUT2D eigenvalue weighted by atomic mass is 10.1. The van der Waals surface area contributed by atoms with Crippen LogP contribution >= 0.6 is 11.8 Å². The third kappa shape index (κ3) is 5.39. The van der Waals surface area contributed by atoms with E-state index in [9.17, 15) is 18.0 Å². The average molecular weight is 433 g/mol. The Hall–Kier alpha value is -2.32. The molecule has 3 rings (SSSR count). The fourth-order valence-corrected chi connectivity index (χ4v) is 5.54. The number of benzene rings is 2. The molecule has 0 saturated carbocycles. The lowest BCUT2D eigenvalue weighted by molar-refractivity contribution is -0.119. The zero-order chi connectivity index (χ0) is 21.0. The summed E-state index contributed by atoms with van der Waals surface area (Å²) in [6.45, 7) is 3.62. The van der Waals surface area contributed by atoms with Crippen molar-refractivity contribution in [3.05, 3.63) is 48.0 Å². The van der Waals surface area contributed by atoms with E-state index < -0.39 is 15.8 Å². The molecule has 8 heteroatoms.